The normalized spacial score (nSPS) is 12.3. The zero-order chi connectivity index (χ0) is 25.9. The van der Waals surface area contributed by atoms with Gasteiger partial charge in [-0.3, -0.25) is 19.7 Å². The third kappa shape index (κ3) is 4.55. The van der Waals surface area contributed by atoms with Gasteiger partial charge in [0.15, 0.2) is 0 Å². The fraction of sp³-hybridized carbons (Fsp3) is 0.100. The first-order valence-electron chi connectivity index (χ1n) is 12.4. The Kier molecular flexibility index (Phi) is 6.19. The lowest BCUT2D eigenvalue weighted by molar-refractivity contribution is -0.115. The summed E-state index contributed by atoms with van der Waals surface area (Å²) in [5.41, 5.74) is 6.70. The van der Waals surface area contributed by atoms with Gasteiger partial charge in [0, 0.05) is 24.5 Å². The van der Waals surface area contributed by atoms with Crippen molar-refractivity contribution in [2.24, 2.45) is 0 Å². The van der Waals surface area contributed by atoms with Crippen LogP contribution in [0, 0.1) is 0 Å². The Labute approximate surface area is 219 Å². The van der Waals surface area contributed by atoms with Gasteiger partial charge in [0.1, 0.15) is 11.5 Å². The molecule has 0 unspecified atom stereocenters. The minimum absolute atomic E-state index is 0.178. The van der Waals surface area contributed by atoms with Gasteiger partial charge in [0.25, 0.3) is 5.91 Å². The monoisotopic (exact) mass is 500 g/mol. The molecule has 2 aromatic carbocycles. The van der Waals surface area contributed by atoms with E-state index in [1.807, 2.05) is 66.7 Å². The van der Waals surface area contributed by atoms with Gasteiger partial charge in [-0.1, -0.05) is 54.6 Å². The molecule has 0 bridgehead atoms. The predicted molar refractivity (Wildman–Crippen MR) is 146 cm³/mol. The Bertz CT molecular complexity index is 1610. The van der Waals surface area contributed by atoms with E-state index >= 15 is 0 Å². The van der Waals surface area contributed by atoms with Crippen LogP contribution in [-0.2, 0) is 17.6 Å². The van der Waals surface area contributed by atoms with Crippen LogP contribution in [0.5, 0.6) is 0 Å². The number of hydrogen-bond acceptors (Lipinski definition) is 5. The fourth-order valence-corrected chi connectivity index (χ4v) is 4.76. The van der Waals surface area contributed by atoms with Gasteiger partial charge in [-0.2, -0.15) is 5.10 Å². The van der Waals surface area contributed by atoms with Crippen molar-refractivity contribution in [1.29, 1.82) is 0 Å². The minimum atomic E-state index is -0.181. The van der Waals surface area contributed by atoms with E-state index in [1.54, 1.807) is 29.4 Å². The number of amides is 2. The maximum atomic E-state index is 13.5. The molecule has 8 nitrogen and oxygen atoms in total. The molecule has 1 aliphatic heterocycles. The van der Waals surface area contributed by atoms with E-state index < -0.39 is 0 Å². The molecular formula is C30H24N6O2. The highest BCUT2D eigenvalue weighted by Crippen LogP contribution is 2.33. The molecule has 38 heavy (non-hydrogen) atoms. The van der Waals surface area contributed by atoms with E-state index in [0.29, 0.717) is 30.0 Å². The average Bonchev–Trinajstić information content (AvgIpc) is 3.37. The molecule has 0 saturated heterocycles. The Hall–Kier alpha value is -5.11. The number of carbonyl (C=O) groups excluding carboxylic acids is 2. The molecular weight excluding hydrogens is 476 g/mol. The first-order chi connectivity index (χ1) is 18.7. The molecule has 1 aliphatic rings. The van der Waals surface area contributed by atoms with Crippen molar-refractivity contribution < 1.29 is 9.59 Å². The van der Waals surface area contributed by atoms with E-state index in [-0.39, 0.29) is 18.2 Å². The topological polar surface area (TPSA) is 104 Å². The molecule has 0 aliphatic carbocycles. The van der Waals surface area contributed by atoms with Crippen LogP contribution < -0.4 is 10.2 Å². The number of pyridine rings is 2. The highest BCUT2D eigenvalue weighted by atomic mass is 16.2. The van der Waals surface area contributed by atoms with Crippen molar-refractivity contribution in [3.63, 3.8) is 0 Å². The highest BCUT2D eigenvalue weighted by molar-refractivity contribution is 6.08. The fourth-order valence-electron chi connectivity index (χ4n) is 4.76. The number of nitrogens with zero attached hydrogens (tertiary/aromatic N) is 4. The van der Waals surface area contributed by atoms with E-state index in [9.17, 15) is 9.59 Å². The van der Waals surface area contributed by atoms with Crippen LogP contribution in [0.25, 0.3) is 22.5 Å². The number of H-pyrrole nitrogens is 1. The van der Waals surface area contributed by atoms with Crippen molar-refractivity contribution in [2.75, 3.05) is 16.8 Å². The number of nitrogens with one attached hydrogen (secondary N) is 2. The van der Waals surface area contributed by atoms with Gasteiger partial charge in [0.2, 0.25) is 5.91 Å². The Morgan fingerprint density at radius 3 is 2.58 bits per heavy atom. The van der Waals surface area contributed by atoms with Gasteiger partial charge in [-0.25, -0.2) is 4.98 Å². The third-order valence-electron chi connectivity index (χ3n) is 6.61. The maximum Gasteiger partial charge on any atom is 0.259 e. The van der Waals surface area contributed by atoms with Crippen LogP contribution in [0.4, 0.5) is 11.5 Å². The number of rotatable bonds is 5. The van der Waals surface area contributed by atoms with E-state index in [2.05, 4.69) is 25.5 Å². The quantitative estimate of drug-likeness (QED) is 0.357. The predicted octanol–water partition coefficient (Wildman–Crippen LogP) is 4.92. The molecule has 2 amide bonds. The van der Waals surface area contributed by atoms with E-state index in [4.69, 9.17) is 0 Å². The van der Waals surface area contributed by atoms with Gasteiger partial charge in [-0.05, 0) is 47.4 Å². The number of carbonyl (C=O) groups is 2. The van der Waals surface area contributed by atoms with Crippen LogP contribution in [0.1, 0.15) is 21.5 Å². The lowest BCUT2D eigenvalue weighted by atomic mass is 9.97. The SMILES string of the molecule is O=C(Cc1ccccc1-c1ccccc1)Nc1ccc(C(=O)N2CCc3cn[nH]c3-c3ncccc32)cn1. The van der Waals surface area contributed by atoms with Crippen molar-refractivity contribution >= 4 is 23.3 Å². The number of anilines is 2. The summed E-state index contributed by atoms with van der Waals surface area (Å²) in [5.74, 6) is 0.0319. The molecule has 0 radical (unpaired) electrons. The molecule has 0 atom stereocenters. The summed E-state index contributed by atoms with van der Waals surface area (Å²) in [5, 5.41) is 10.00. The highest BCUT2D eigenvalue weighted by Gasteiger charge is 2.27. The number of aromatic amines is 1. The zero-order valence-corrected chi connectivity index (χ0v) is 20.5. The van der Waals surface area contributed by atoms with Gasteiger partial charge < -0.3 is 10.2 Å². The molecule has 8 heteroatoms. The smallest absolute Gasteiger partial charge is 0.259 e. The summed E-state index contributed by atoms with van der Waals surface area (Å²) in [4.78, 5) is 36.9. The van der Waals surface area contributed by atoms with Crippen molar-refractivity contribution in [2.45, 2.75) is 12.8 Å². The summed E-state index contributed by atoms with van der Waals surface area (Å²) in [6, 6.07) is 24.9. The second kappa shape index (κ2) is 10.1. The van der Waals surface area contributed by atoms with E-state index in [0.717, 1.165) is 33.6 Å². The standard InChI is InChI=1S/C30H24N6O2/c37-27(17-21-9-4-5-10-24(21)20-7-2-1-3-8-20)34-26-13-12-23(18-32-26)30(38)36-16-14-22-19-33-35-28(22)29-25(36)11-6-15-31-29/h1-13,15,18-19H,14,16-17H2,(H,33,35)(H,32,34,37). The van der Waals surface area contributed by atoms with Crippen molar-refractivity contribution in [3.05, 3.63) is 114 Å². The summed E-state index contributed by atoms with van der Waals surface area (Å²) >= 11 is 0. The number of fused-ring (bicyclic) bond motifs is 3. The van der Waals surface area contributed by atoms with Crippen molar-refractivity contribution in [1.82, 2.24) is 20.2 Å². The Balaban J connectivity index is 1.17. The molecule has 0 saturated carbocycles. The molecule has 5 aromatic rings. The zero-order valence-electron chi connectivity index (χ0n) is 20.5. The Morgan fingerprint density at radius 2 is 1.74 bits per heavy atom. The maximum absolute atomic E-state index is 13.5. The first kappa shape index (κ1) is 23.3. The molecule has 2 N–H and O–H groups in total. The van der Waals surface area contributed by atoms with Gasteiger partial charge >= 0.3 is 0 Å². The average molecular weight is 501 g/mol. The second-order valence-corrected chi connectivity index (χ2v) is 9.03. The lowest BCUT2D eigenvalue weighted by Gasteiger charge is -2.22. The third-order valence-corrected chi connectivity index (χ3v) is 6.61. The number of aromatic nitrogens is 4. The largest absolute Gasteiger partial charge is 0.310 e. The van der Waals surface area contributed by atoms with Crippen molar-refractivity contribution in [3.8, 4) is 22.5 Å². The summed E-state index contributed by atoms with van der Waals surface area (Å²) in [6.07, 6.45) is 5.84. The summed E-state index contributed by atoms with van der Waals surface area (Å²) < 4.78 is 0. The summed E-state index contributed by atoms with van der Waals surface area (Å²) in [6.45, 7) is 0.489. The van der Waals surface area contributed by atoms with Crippen LogP contribution in [0.15, 0.2) is 97.5 Å². The molecule has 3 aromatic heterocycles. The summed E-state index contributed by atoms with van der Waals surface area (Å²) in [7, 11) is 0. The lowest BCUT2D eigenvalue weighted by Crippen LogP contribution is -2.32. The second-order valence-electron chi connectivity index (χ2n) is 9.03. The van der Waals surface area contributed by atoms with E-state index in [1.165, 1.54) is 6.20 Å². The van der Waals surface area contributed by atoms with Gasteiger partial charge in [-0.15, -0.1) is 0 Å². The van der Waals surface area contributed by atoms with Crippen LogP contribution in [0.3, 0.4) is 0 Å². The molecule has 4 heterocycles. The van der Waals surface area contributed by atoms with Gasteiger partial charge in [0.05, 0.1) is 29.6 Å². The molecule has 6 rings (SSSR count). The number of benzene rings is 2. The Morgan fingerprint density at radius 1 is 0.895 bits per heavy atom. The first-order valence-corrected chi connectivity index (χ1v) is 12.4. The van der Waals surface area contributed by atoms with Crippen LogP contribution in [-0.4, -0.2) is 38.5 Å². The van der Waals surface area contributed by atoms with Crippen LogP contribution >= 0.6 is 0 Å². The molecule has 0 fully saturated rings. The molecule has 186 valence electrons. The van der Waals surface area contributed by atoms with Crippen LogP contribution in [0.2, 0.25) is 0 Å². The minimum Gasteiger partial charge on any atom is -0.310 e. The molecule has 0 spiro atoms. The number of hydrogen-bond donors (Lipinski definition) is 2.